The molecule has 1 aromatic carbocycles. The summed E-state index contributed by atoms with van der Waals surface area (Å²) in [4.78, 5) is 17.9. The molecule has 0 radical (unpaired) electrons. The smallest absolute Gasteiger partial charge is 0.255 e. The van der Waals surface area contributed by atoms with Gasteiger partial charge in [-0.1, -0.05) is 0 Å². The summed E-state index contributed by atoms with van der Waals surface area (Å²) in [5, 5.41) is 7.67. The van der Waals surface area contributed by atoms with Gasteiger partial charge >= 0.3 is 0 Å². The van der Waals surface area contributed by atoms with Gasteiger partial charge in [-0.05, 0) is 63.4 Å². The second-order valence-electron chi connectivity index (χ2n) is 7.31. The highest BCUT2D eigenvalue weighted by atomic mass is 15.5. The minimum Gasteiger partial charge on any atom is -0.372 e. The fourth-order valence-corrected chi connectivity index (χ4v) is 3.74. The molecule has 1 saturated heterocycles. The Balaban J connectivity index is 1.51. The first-order valence-corrected chi connectivity index (χ1v) is 10.6. The normalized spacial score (nSPS) is 14.0. The fraction of sp³-hybridized carbons (Fsp3) is 0.429. The molecule has 30 heavy (non-hydrogen) atoms. The second kappa shape index (κ2) is 8.98. The molecule has 0 atom stereocenters. The van der Waals surface area contributed by atoms with Crippen LogP contribution in [0.5, 0.6) is 0 Å². The molecule has 0 saturated carbocycles. The Kier molecular flexibility index (Phi) is 5.97. The number of rotatable bonds is 7. The van der Waals surface area contributed by atoms with Crippen LogP contribution in [0.25, 0.3) is 5.95 Å². The van der Waals surface area contributed by atoms with E-state index < -0.39 is 0 Å². The Labute approximate surface area is 176 Å². The third-order valence-electron chi connectivity index (χ3n) is 5.38. The van der Waals surface area contributed by atoms with Gasteiger partial charge in [0.2, 0.25) is 11.9 Å². The van der Waals surface area contributed by atoms with E-state index in [0.29, 0.717) is 11.9 Å². The van der Waals surface area contributed by atoms with E-state index in [1.54, 1.807) is 6.20 Å². The minimum atomic E-state index is 0.244. The molecule has 3 N–H and O–H groups in total. The molecular formula is C21H29N9. The number of aromatic nitrogens is 5. The van der Waals surface area contributed by atoms with Crippen LogP contribution in [0, 0.1) is 0 Å². The van der Waals surface area contributed by atoms with E-state index in [1.807, 2.05) is 18.2 Å². The van der Waals surface area contributed by atoms with Crippen molar-refractivity contribution in [2.45, 2.75) is 33.1 Å². The monoisotopic (exact) mass is 407 g/mol. The van der Waals surface area contributed by atoms with E-state index in [1.165, 1.54) is 29.6 Å². The quantitative estimate of drug-likeness (QED) is 0.616. The SMILES string of the molecule is CCN(CC)c1ccc(Nc2nc(N)n(-c3nccc(N4CCCCC4)n3)n2)cc1. The number of piperidine rings is 1. The standard InChI is InChI=1S/C21H29N9/c1-3-28(4-2)17-10-8-16(9-11-17)24-20-26-19(22)30(27-20)21-23-13-12-18(25-21)29-14-6-5-7-15-29/h8-13H,3-7,14-15H2,1-2H3,(H3,22,24,26,27). The molecule has 158 valence electrons. The maximum absolute atomic E-state index is 6.10. The van der Waals surface area contributed by atoms with Gasteiger partial charge in [0, 0.05) is 43.8 Å². The zero-order chi connectivity index (χ0) is 20.9. The Morgan fingerprint density at radius 2 is 1.73 bits per heavy atom. The average molecular weight is 408 g/mol. The third kappa shape index (κ3) is 4.29. The Morgan fingerprint density at radius 3 is 2.43 bits per heavy atom. The van der Waals surface area contributed by atoms with Crippen LogP contribution in [-0.4, -0.2) is 50.9 Å². The van der Waals surface area contributed by atoms with Crippen LogP contribution in [0.1, 0.15) is 33.1 Å². The van der Waals surface area contributed by atoms with Crippen molar-refractivity contribution >= 4 is 29.1 Å². The summed E-state index contributed by atoms with van der Waals surface area (Å²) in [5.41, 5.74) is 8.19. The Bertz CT molecular complexity index is 957. The highest BCUT2D eigenvalue weighted by Crippen LogP contribution is 2.22. The molecule has 4 rings (SSSR count). The predicted molar refractivity (Wildman–Crippen MR) is 121 cm³/mol. The summed E-state index contributed by atoms with van der Waals surface area (Å²) in [6.45, 7) is 8.28. The highest BCUT2D eigenvalue weighted by molar-refractivity contribution is 5.60. The van der Waals surface area contributed by atoms with Crippen LogP contribution in [0.4, 0.5) is 29.1 Å². The van der Waals surface area contributed by atoms with Gasteiger partial charge in [-0.15, -0.1) is 5.10 Å². The number of anilines is 5. The number of nitrogen functional groups attached to an aromatic ring is 1. The predicted octanol–water partition coefficient (Wildman–Crippen LogP) is 3.22. The summed E-state index contributed by atoms with van der Waals surface area (Å²) >= 11 is 0. The van der Waals surface area contributed by atoms with E-state index >= 15 is 0 Å². The van der Waals surface area contributed by atoms with E-state index in [9.17, 15) is 0 Å². The summed E-state index contributed by atoms with van der Waals surface area (Å²) in [7, 11) is 0. The van der Waals surface area contributed by atoms with Crippen LogP contribution in [0.3, 0.4) is 0 Å². The van der Waals surface area contributed by atoms with E-state index in [-0.39, 0.29) is 5.95 Å². The number of hydrogen-bond donors (Lipinski definition) is 2. The maximum atomic E-state index is 6.10. The molecule has 0 bridgehead atoms. The molecule has 3 aromatic rings. The molecule has 0 amide bonds. The van der Waals surface area contributed by atoms with Gasteiger partial charge in [0.15, 0.2) is 0 Å². The van der Waals surface area contributed by atoms with Crippen molar-refractivity contribution in [1.29, 1.82) is 0 Å². The van der Waals surface area contributed by atoms with Crippen molar-refractivity contribution in [2.24, 2.45) is 0 Å². The molecule has 1 aliphatic rings. The van der Waals surface area contributed by atoms with Crippen molar-refractivity contribution in [1.82, 2.24) is 24.7 Å². The van der Waals surface area contributed by atoms with Crippen LogP contribution in [0.15, 0.2) is 36.5 Å². The molecule has 1 fully saturated rings. The number of nitrogens with one attached hydrogen (secondary N) is 1. The zero-order valence-electron chi connectivity index (χ0n) is 17.6. The third-order valence-corrected chi connectivity index (χ3v) is 5.38. The largest absolute Gasteiger partial charge is 0.372 e. The van der Waals surface area contributed by atoms with Crippen molar-refractivity contribution in [3.63, 3.8) is 0 Å². The molecular weight excluding hydrogens is 378 g/mol. The molecule has 9 heteroatoms. The first kappa shape index (κ1) is 19.9. The first-order valence-electron chi connectivity index (χ1n) is 10.6. The average Bonchev–Trinajstić information content (AvgIpc) is 3.16. The summed E-state index contributed by atoms with van der Waals surface area (Å²) < 4.78 is 1.47. The van der Waals surface area contributed by atoms with E-state index in [0.717, 1.165) is 37.7 Å². The Hall–Kier alpha value is -3.36. The molecule has 0 unspecified atom stereocenters. The molecule has 0 aliphatic carbocycles. The molecule has 1 aliphatic heterocycles. The first-order chi connectivity index (χ1) is 14.7. The lowest BCUT2D eigenvalue weighted by Crippen LogP contribution is -2.30. The van der Waals surface area contributed by atoms with Crippen molar-refractivity contribution in [3.8, 4) is 5.95 Å². The lowest BCUT2D eigenvalue weighted by molar-refractivity contribution is 0.572. The van der Waals surface area contributed by atoms with Gasteiger partial charge in [0.1, 0.15) is 5.82 Å². The van der Waals surface area contributed by atoms with E-state index in [2.05, 4.69) is 61.1 Å². The van der Waals surface area contributed by atoms with Gasteiger partial charge in [-0.2, -0.15) is 14.6 Å². The molecule has 3 heterocycles. The van der Waals surface area contributed by atoms with Crippen LogP contribution in [0.2, 0.25) is 0 Å². The number of benzene rings is 1. The summed E-state index contributed by atoms with van der Waals surface area (Å²) in [6, 6.07) is 10.1. The lowest BCUT2D eigenvalue weighted by Gasteiger charge is -2.27. The van der Waals surface area contributed by atoms with Crippen molar-refractivity contribution in [3.05, 3.63) is 36.5 Å². The molecule has 2 aromatic heterocycles. The summed E-state index contributed by atoms with van der Waals surface area (Å²) in [6.07, 6.45) is 5.39. The highest BCUT2D eigenvalue weighted by Gasteiger charge is 2.16. The van der Waals surface area contributed by atoms with E-state index in [4.69, 9.17) is 5.73 Å². The van der Waals surface area contributed by atoms with Gasteiger partial charge in [-0.25, -0.2) is 4.98 Å². The fourth-order valence-electron chi connectivity index (χ4n) is 3.74. The second-order valence-corrected chi connectivity index (χ2v) is 7.31. The number of hydrogen-bond acceptors (Lipinski definition) is 8. The van der Waals surface area contributed by atoms with Gasteiger partial charge in [0.05, 0.1) is 0 Å². The molecule has 0 spiro atoms. The molecule has 9 nitrogen and oxygen atoms in total. The van der Waals surface area contributed by atoms with Crippen molar-refractivity contribution < 1.29 is 0 Å². The van der Waals surface area contributed by atoms with Crippen LogP contribution >= 0.6 is 0 Å². The number of nitrogens with two attached hydrogens (primary N) is 1. The van der Waals surface area contributed by atoms with Gasteiger partial charge in [-0.3, -0.25) is 0 Å². The van der Waals surface area contributed by atoms with Gasteiger partial charge < -0.3 is 20.9 Å². The zero-order valence-corrected chi connectivity index (χ0v) is 17.6. The van der Waals surface area contributed by atoms with Gasteiger partial charge in [0.25, 0.3) is 5.95 Å². The topological polar surface area (TPSA) is 101 Å². The van der Waals surface area contributed by atoms with Crippen LogP contribution in [-0.2, 0) is 0 Å². The Morgan fingerprint density at radius 1 is 1.00 bits per heavy atom. The van der Waals surface area contributed by atoms with Crippen molar-refractivity contribution in [2.75, 3.05) is 47.0 Å². The number of nitrogens with zero attached hydrogens (tertiary/aromatic N) is 7. The lowest BCUT2D eigenvalue weighted by atomic mass is 10.1. The van der Waals surface area contributed by atoms with Crippen LogP contribution < -0.4 is 20.9 Å². The maximum Gasteiger partial charge on any atom is 0.255 e. The minimum absolute atomic E-state index is 0.244. The summed E-state index contributed by atoms with van der Waals surface area (Å²) in [5.74, 6) is 1.98.